The molecule has 0 aromatic heterocycles. The van der Waals surface area contributed by atoms with Gasteiger partial charge in [0.05, 0.1) is 11.0 Å². The summed E-state index contributed by atoms with van der Waals surface area (Å²) >= 11 is 0. The number of nitro groups is 1. The standard InChI is InChI=1S/C10H8F2N2O4/c11-6-1-2-7(14(17)18)9(12)8(6)10(16)13-3-5(15)4-13/h1-2,5,15H,3-4H2. The number of amides is 1. The maximum absolute atomic E-state index is 13.7. The Balaban J connectivity index is 2.40. The zero-order chi connectivity index (χ0) is 13.4. The topological polar surface area (TPSA) is 83.7 Å². The molecule has 1 heterocycles. The second kappa shape index (κ2) is 4.30. The molecule has 0 saturated carbocycles. The first-order valence-electron chi connectivity index (χ1n) is 5.01. The Kier molecular flexibility index (Phi) is 2.95. The first kappa shape index (κ1) is 12.4. The van der Waals surface area contributed by atoms with Crippen molar-refractivity contribution in [3.63, 3.8) is 0 Å². The van der Waals surface area contributed by atoms with E-state index in [2.05, 4.69) is 0 Å². The molecule has 1 fully saturated rings. The Bertz CT molecular complexity index is 529. The highest BCUT2D eigenvalue weighted by Crippen LogP contribution is 2.25. The molecule has 1 N–H and O–H groups in total. The summed E-state index contributed by atoms with van der Waals surface area (Å²) in [5.41, 5.74) is -1.92. The summed E-state index contributed by atoms with van der Waals surface area (Å²) in [5.74, 6) is -3.66. The molecule has 0 atom stereocenters. The van der Waals surface area contributed by atoms with Gasteiger partial charge in [0, 0.05) is 19.2 Å². The molecule has 18 heavy (non-hydrogen) atoms. The molecule has 0 aliphatic carbocycles. The average molecular weight is 258 g/mol. The van der Waals surface area contributed by atoms with Gasteiger partial charge in [-0.25, -0.2) is 4.39 Å². The van der Waals surface area contributed by atoms with Gasteiger partial charge in [0.15, 0.2) is 0 Å². The molecule has 6 nitrogen and oxygen atoms in total. The van der Waals surface area contributed by atoms with Crippen molar-refractivity contribution in [2.45, 2.75) is 6.10 Å². The van der Waals surface area contributed by atoms with Crippen molar-refractivity contribution in [3.8, 4) is 0 Å². The van der Waals surface area contributed by atoms with Crippen LogP contribution in [0.25, 0.3) is 0 Å². The van der Waals surface area contributed by atoms with Gasteiger partial charge in [0.25, 0.3) is 5.91 Å². The van der Waals surface area contributed by atoms with E-state index in [0.29, 0.717) is 12.1 Å². The van der Waals surface area contributed by atoms with Crippen LogP contribution in [-0.2, 0) is 0 Å². The van der Waals surface area contributed by atoms with Gasteiger partial charge in [-0.3, -0.25) is 14.9 Å². The van der Waals surface area contributed by atoms with E-state index in [9.17, 15) is 23.7 Å². The third-order valence-electron chi connectivity index (χ3n) is 2.63. The Morgan fingerprint density at radius 1 is 1.44 bits per heavy atom. The number of nitrogens with zero attached hydrogens (tertiary/aromatic N) is 2. The van der Waals surface area contributed by atoms with Gasteiger partial charge in [-0.15, -0.1) is 0 Å². The van der Waals surface area contributed by atoms with Crippen molar-refractivity contribution in [1.29, 1.82) is 0 Å². The number of benzene rings is 1. The van der Waals surface area contributed by atoms with Gasteiger partial charge < -0.3 is 10.0 Å². The second-order valence-electron chi connectivity index (χ2n) is 3.88. The summed E-state index contributed by atoms with van der Waals surface area (Å²) in [5, 5.41) is 19.5. The number of halogens is 2. The molecule has 1 amide bonds. The Morgan fingerprint density at radius 2 is 2.06 bits per heavy atom. The molecule has 1 saturated heterocycles. The molecule has 8 heteroatoms. The van der Waals surface area contributed by atoms with E-state index >= 15 is 0 Å². The van der Waals surface area contributed by atoms with Crippen molar-refractivity contribution >= 4 is 11.6 Å². The smallest absolute Gasteiger partial charge is 0.305 e. The maximum atomic E-state index is 13.7. The summed E-state index contributed by atoms with van der Waals surface area (Å²) in [7, 11) is 0. The van der Waals surface area contributed by atoms with Crippen molar-refractivity contribution < 1.29 is 23.6 Å². The maximum Gasteiger partial charge on any atom is 0.305 e. The van der Waals surface area contributed by atoms with Crippen LogP contribution in [0.3, 0.4) is 0 Å². The minimum Gasteiger partial charge on any atom is -0.389 e. The van der Waals surface area contributed by atoms with E-state index in [1.165, 1.54) is 0 Å². The molecule has 1 aliphatic rings. The molecule has 1 aliphatic heterocycles. The molecule has 0 unspecified atom stereocenters. The molecular formula is C10H8F2N2O4. The van der Waals surface area contributed by atoms with Gasteiger partial charge in [0.1, 0.15) is 11.4 Å². The van der Waals surface area contributed by atoms with Crippen LogP contribution in [0.15, 0.2) is 12.1 Å². The van der Waals surface area contributed by atoms with E-state index in [1.807, 2.05) is 0 Å². The van der Waals surface area contributed by atoms with E-state index in [-0.39, 0.29) is 13.1 Å². The molecule has 0 bridgehead atoms. The van der Waals surface area contributed by atoms with E-state index < -0.39 is 39.8 Å². The van der Waals surface area contributed by atoms with E-state index in [0.717, 1.165) is 4.90 Å². The number of rotatable bonds is 2. The predicted octanol–water partition coefficient (Wildman–Crippen LogP) is 0.690. The molecule has 2 rings (SSSR count). The number of aliphatic hydroxyl groups is 1. The third kappa shape index (κ3) is 1.90. The largest absolute Gasteiger partial charge is 0.389 e. The highest BCUT2D eigenvalue weighted by molar-refractivity contribution is 5.96. The van der Waals surface area contributed by atoms with Gasteiger partial charge in [0.2, 0.25) is 5.82 Å². The zero-order valence-electron chi connectivity index (χ0n) is 8.97. The van der Waals surface area contributed by atoms with Gasteiger partial charge in [-0.05, 0) is 6.07 Å². The normalized spacial score (nSPS) is 15.4. The lowest BCUT2D eigenvalue weighted by Crippen LogP contribution is -2.53. The molecule has 0 spiro atoms. The number of likely N-dealkylation sites (tertiary alicyclic amines) is 1. The summed E-state index contributed by atoms with van der Waals surface area (Å²) in [6.45, 7) is -0.0825. The lowest BCUT2D eigenvalue weighted by molar-refractivity contribution is -0.387. The summed E-state index contributed by atoms with van der Waals surface area (Å²) < 4.78 is 27.1. The van der Waals surface area contributed by atoms with Gasteiger partial charge in [-0.2, -0.15) is 4.39 Å². The van der Waals surface area contributed by atoms with Crippen LogP contribution in [0.1, 0.15) is 10.4 Å². The summed E-state index contributed by atoms with van der Waals surface area (Å²) in [4.78, 5) is 22.2. The fraction of sp³-hybridized carbons (Fsp3) is 0.300. The summed E-state index contributed by atoms with van der Waals surface area (Å²) in [6, 6.07) is 1.33. The van der Waals surface area contributed by atoms with Crippen LogP contribution in [0, 0.1) is 21.7 Å². The van der Waals surface area contributed by atoms with Crippen LogP contribution in [0.5, 0.6) is 0 Å². The Hall–Kier alpha value is -2.09. The first-order valence-corrected chi connectivity index (χ1v) is 5.01. The third-order valence-corrected chi connectivity index (χ3v) is 2.63. The van der Waals surface area contributed by atoms with E-state index in [1.54, 1.807) is 0 Å². The number of carbonyl (C=O) groups is 1. The van der Waals surface area contributed by atoms with Crippen LogP contribution >= 0.6 is 0 Å². The van der Waals surface area contributed by atoms with Crippen LogP contribution < -0.4 is 0 Å². The minimum atomic E-state index is -1.49. The molecule has 1 aromatic carbocycles. The first-order chi connectivity index (χ1) is 8.41. The number of carbonyl (C=O) groups excluding carboxylic acids is 1. The Labute approximate surface area is 99.6 Å². The Morgan fingerprint density at radius 3 is 2.56 bits per heavy atom. The van der Waals surface area contributed by atoms with Crippen molar-refractivity contribution in [2.24, 2.45) is 0 Å². The van der Waals surface area contributed by atoms with Crippen molar-refractivity contribution in [2.75, 3.05) is 13.1 Å². The minimum absolute atomic E-state index is 0.0413. The number of β-amino-alcohol motifs (C(OH)–C–C–N with tert-alkyl or cyclic N) is 1. The van der Waals surface area contributed by atoms with Gasteiger partial charge >= 0.3 is 5.69 Å². The van der Waals surface area contributed by atoms with Crippen LogP contribution in [-0.4, -0.2) is 40.0 Å². The highest BCUT2D eigenvalue weighted by atomic mass is 19.1. The number of nitro benzene ring substituents is 1. The monoisotopic (exact) mass is 258 g/mol. The number of hydrogen-bond acceptors (Lipinski definition) is 4. The van der Waals surface area contributed by atoms with E-state index in [4.69, 9.17) is 5.11 Å². The molecule has 96 valence electrons. The number of aliphatic hydroxyl groups excluding tert-OH is 1. The lowest BCUT2D eigenvalue weighted by Gasteiger charge is -2.35. The molecular weight excluding hydrogens is 250 g/mol. The second-order valence-corrected chi connectivity index (χ2v) is 3.88. The van der Waals surface area contributed by atoms with Crippen molar-refractivity contribution in [3.05, 3.63) is 39.4 Å². The van der Waals surface area contributed by atoms with Crippen molar-refractivity contribution in [1.82, 2.24) is 4.90 Å². The van der Waals surface area contributed by atoms with Crippen LogP contribution in [0.2, 0.25) is 0 Å². The zero-order valence-corrected chi connectivity index (χ0v) is 8.97. The quantitative estimate of drug-likeness (QED) is 0.624. The summed E-state index contributed by atoms with van der Waals surface area (Å²) in [6.07, 6.45) is -0.723. The van der Waals surface area contributed by atoms with Gasteiger partial charge in [-0.1, -0.05) is 0 Å². The highest BCUT2D eigenvalue weighted by Gasteiger charge is 2.34. The SMILES string of the molecule is O=C(c1c(F)ccc([N+](=O)[O-])c1F)N1CC(O)C1. The molecule has 0 radical (unpaired) electrons. The lowest BCUT2D eigenvalue weighted by atomic mass is 10.1. The fourth-order valence-corrected chi connectivity index (χ4v) is 1.66. The van der Waals surface area contributed by atoms with Crippen LogP contribution in [0.4, 0.5) is 14.5 Å². The predicted molar refractivity (Wildman–Crippen MR) is 54.9 cm³/mol. The number of hydrogen-bond donors (Lipinski definition) is 1. The molecule has 1 aromatic rings. The fourth-order valence-electron chi connectivity index (χ4n) is 1.66. The average Bonchev–Trinajstić information content (AvgIpc) is 2.24.